The van der Waals surface area contributed by atoms with E-state index in [4.69, 9.17) is 9.52 Å². The molecule has 1 aromatic carbocycles. The van der Waals surface area contributed by atoms with Crippen molar-refractivity contribution in [3.05, 3.63) is 40.9 Å². The van der Waals surface area contributed by atoms with E-state index in [0.29, 0.717) is 12.3 Å². The molecule has 2 rings (SSSR count). The zero-order valence-corrected chi connectivity index (χ0v) is 11.4. The van der Waals surface area contributed by atoms with Gasteiger partial charge in [0.25, 0.3) is 0 Å². The number of rotatable bonds is 4. The van der Waals surface area contributed by atoms with Crippen molar-refractivity contribution < 1.29 is 14.3 Å². The van der Waals surface area contributed by atoms with Crippen LogP contribution in [0.15, 0.2) is 22.6 Å². The summed E-state index contributed by atoms with van der Waals surface area (Å²) in [5.74, 6) is 0.376. The summed E-state index contributed by atoms with van der Waals surface area (Å²) in [4.78, 5) is 14.9. The Kier molecular flexibility index (Phi) is 3.69. The Bertz CT molecular complexity index is 614. The van der Waals surface area contributed by atoms with Crippen LogP contribution in [0.2, 0.25) is 0 Å². The third-order valence-electron chi connectivity index (χ3n) is 3.03. The standard InChI is InChI=1S/C15H17NO3/c1-9-4-5-10(2)12(8-9)15-11(3)16-13(19-15)6-7-14(17)18/h4-5,8H,6-7H2,1-3H3,(H,17,18). The molecule has 0 spiro atoms. The van der Waals surface area contributed by atoms with Gasteiger partial charge in [-0.2, -0.15) is 0 Å². The summed E-state index contributed by atoms with van der Waals surface area (Å²) < 4.78 is 5.71. The second-order valence-electron chi connectivity index (χ2n) is 4.73. The van der Waals surface area contributed by atoms with Crippen LogP contribution >= 0.6 is 0 Å². The Hall–Kier alpha value is -2.10. The first kappa shape index (κ1) is 13.3. The lowest BCUT2D eigenvalue weighted by Crippen LogP contribution is -1.97. The molecular formula is C15H17NO3. The van der Waals surface area contributed by atoms with E-state index < -0.39 is 5.97 Å². The van der Waals surface area contributed by atoms with E-state index >= 15 is 0 Å². The third kappa shape index (κ3) is 3.02. The molecule has 19 heavy (non-hydrogen) atoms. The average molecular weight is 259 g/mol. The smallest absolute Gasteiger partial charge is 0.303 e. The van der Waals surface area contributed by atoms with E-state index in [9.17, 15) is 4.79 Å². The lowest BCUT2D eigenvalue weighted by molar-refractivity contribution is -0.137. The van der Waals surface area contributed by atoms with Crippen molar-refractivity contribution in [3.63, 3.8) is 0 Å². The van der Waals surface area contributed by atoms with Crippen LogP contribution in [0.3, 0.4) is 0 Å². The van der Waals surface area contributed by atoms with Gasteiger partial charge in [-0.05, 0) is 32.4 Å². The predicted octanol–water partition coefficient (Wildman–Crippen LogP) is 3.28. The molecule has 0 aliphatic carbocycles. The maximum atomic E-state index is 10.6. The van der Waals surface area contributed by atoms with Gasteiger partial charge in [0.2, 0.25) is 0 Å². The number of carboxylic acids is 1. The van der Waals surface area contributed by atoms with Gasteiger partial charge in [0.15, 0.2) is 11.7 Å². The number of nitrogens with zero attached hydrogens (tertiary/aromatic N) is 1. The van der Waals surface area contributed by atoms with E-state index in [1.54, 1.807) is 0 Å². The number of aromatic nitrogens is 1. The Balaban J connectivity index is 2.34. The molecule has 0 radical (unpaired) electrons. The topological polar surface area (TPSA) is 63.3 Å². The highest BCUT2D eigenvalue weighted by Gasteiger charge is 2.14. The van der Waals surface area contributed by atoms with Gasteiger partial charge in [-0.3, -0.25) is 4.79 Å². The number of benzene rings is 1. The SMILES string of the molecule is Cc1ccc(C)c(-c2oc(CCC(=O)O)nc2C)c1. The summed E-state index contributed by atoms with van der Waals surface area (Å²) >= 11 is 0. The molecule has 0 atom stereocenters. The van der Waals surface area contributed by atoms with Gasteiger partial charge in [-0.25, -0.2) is 4.98 Å². The Labute approximate surface area is 112 Å². The summed E-state index contributed by atoms with van der Waals surface area (Å²) in [5, 5.41) is 8.68. The van der Waals surface area contributed by atoms with Gasteiger partial charge in [0, 0.05) is 12.0 Å². The van der Waals surface area contributed by atoms with Crippen LogP contribution < -0.4 is 0 Å². The highest BCUT2D eigenvalue weighted by atomic mass is 16.4. The van der Waals surface area contributed by atoms with Crippen molar-refractivity contribution in [1.82, 2.24) is 4.98 Å². The van der Waals surface area contributed by atoms with E-state index in [-0.39, 0.29) is 6.42 Å². The van der Waals surface area contributed by atoms with Crippen molar-refractivity contribution in [2.75, 3.05) is 0 Å². The van der Waals surface area contributed by atoms with Crippen LogP contribution in [0.4, 0.5) is 0 Å². The largest absolute Gasteiger partial charge is 0.481 e. The van der Waals surface area contributed by atoms with Crippen molar-refractivity contribution in [2.45, 2.75) is 33.6 Å². The quantitative estimate of drug-likeness (QED) is 0.915. The second kappa shape index (κ2) is 5.26. The minimum atomic E-state index is -0.843. The minimum Gasteiger partial charge on any atom is -0.481 e. The molecule has 1 aromatic heterocycles. The maximum Gasteiger partial charge on any atom is 0.303 e. The number of carbonyl (C=O) groups is 1. The van der Waals surface area contributed by atoms with E-state index in [0.717, 1.165) is 28.1 Å². The van der Waals surface area contributed by atoms with Crippen molar-refractivity contribution in [1.29, 1.82) is 0 Å². The first-order valence-corrected chi connectivity index (χ1v) is 6.23. The van der Waals surface area contributed by atoms with Crippen molar-refractivity contribution in [3.8, 4) is 11.3 Å². The fraction of sp³-hybridized carbons (Fsp3) is 0.333. The van der Waals surface area contributed by atoms with E-state index in [1.807, 2.05) is 26.8 Å². The monoisotopic (exact) mass is 259 g/mol. The predicted molar refractivity (Wildman–Crippen MR) is 72.1 cm³/mol. The fourth-order valence-electron chi connectivity index (χ4n) is 2.00. The molecule has 4 nitrogen and oxygen atoms in total. The molecule has 0 aliphatic heterocycles. The van der Waals surface area contributed by atoms with Crippen LogP contribution in [0.5, 0.6) is 0 Å². The van der Waals surface area contributed by atoms with Crippen molar-refractivity contribution >= 4 is 5.97 Å². The number of hydrogen-bond acceptors (Lipinski definition) is 3. The molecule has 0 aliphatic rings. The lowest BCUT2D eigenvalue weighted by Gasteiger charge is -2.04. The van der Waals surface area contributed by atoms with E-state index in [2.05, 4.69) is 17.1 Å². The third-order valence-corrected chi connectivity index (χ3v) is 3.03. The second-order valence-corrected chi connectivity index (χ2v) is 4.73. The zero-order chi connectivity index (χ0) is 14.0. The molecule has 4 heteroatoms. The molecule has 0 unspecified atom stereocenters. The normalized spacial score (nSPS) is 10.7. The summed E-state index contributed by atoms with van der Waals surface area (Å²) in [6.07, 6.45) is 0.354. The van der Waals surface area contributed by atoms with E-state index in [1.165, 1.54) is 0 Å². The minimum absolute atomic E-state index is 0.0339. The highest BCUT2D eigenvalue weighted by Crippen LogP contribution is 2.28. The number of hydrogen-bond donors (Lipinski definition) is 1. The molecule has 0 fully saturated rings. The molecule has 1 N–H and O–H groups in total. The Morgan fingerprint density at radius 2 is 2.05 bits per heavy atom. The van der Waals surface area contributed by atoms with Gasteiger partial charge >= 0.3 is 5.97 Å². The summed E-state index contributed by atoms with van der Waals surface area (Å²) in [6.45, 7) is 5.93. The molecule has 0 bridgehead atoms. The Morgan fingerprint density at radius 1 is 1.32 bits per heavy atom. The first-order chi connectivity index (χ1) is 8.97. The van der Waals surface area contributed by atoms with Gasteiger partial charge in [0.05, 0.1) is 12.1 Å². The van der Waals surface area contributed by atoms with Gasteiger partial charge < -0.3 is 9.52 Å². The number of oxazole rings is 1. The molecule has 0 amide bonds. The zero-order valence-electron chi connectivity index (χ0n) is 11.4. The molecule has 100 valence electrons. The number of carboxylic acid groups (broad SMARTS) is 1. The highest BCUT2D eigenvalue weighted by molar-refractivity contribution is 5.67. The van der Waals surface area contributed by atoms with Crippen LogP contribution in [-0.2, 0) is 11.2 Å². The van der Waals surface area contributed by atoms with Crippen LogP contribution in [0, 0.1) is 20.8 Å². The first-order valence-electron chi connectivity index (χ1n) is 6.23. The van der Waals surface area contributed by atoms with Gasteiger partial charge in [0.1, 0.15) is 0 Å². The van der Waals surface area contributed by atoms with Crippen LogP contribution in [0.25, 0.3) is 11.3 Å². The van der Waals surface area contributed by atoms with Gasteiger partial charge in [-0.15, -0.1) is 0 Å². The summed E-state index contributed by atoms with van der Waals surface area (Å²) in [5.41, 5.74) is 4.10. The molecule has 2 aromatic rings. The summed E-state index contributed by atoms with van der Waals surface area (Å²) in [7, 11) is 0. The van der Waals surface area contributed by atoms with Crippen LogP contribution in [-0.4, -0.2) is 16.1 Å². The van der Waals surface area contributed by atoms with Crippen molar-refractivity contribution in [2.24, 2.45) is 0 Å². The summed E-state index contributed by atoms with van der Waals surface area (Å²) in [6, 6.07) is 6.16. The molecule has 0 saturated heterocycles. The van der Waals surface area contributed by atoms with Crippen LogP contribution in [0.1, 0.15) is 29.1 Å². The Morgan fingerprint density at radius 3 is 2.74 bits per heavy atom. The molecule has 1 heterocycles. The fourth-order valence-corrected chi connectivity index (χ4v) is 2.00. The number of aliphatic carboxylic acids is 1. The van der Waals surface area contributed by atoms with Gasteiger partial charge in [-0.1, -0.05) is 17.7 Å². The maximum absolute atomic E-state index is 10.6. The molecule has 0 saturated carbocycles. The number of aryl methyl sites for hydroxylation is 4. The molecular weight excluding hydrogens is 242 g/mol. The lowest BCUT2D eigenvalue weighted by atomic mass is 10.0. The average Bonchev–Trinajstić information content (AvgIpc) is 2.71.